The molecule has 2 aromatic rings. The highest BCUT2D eigenvalue weighted by molar-refractivity contribution is 6.39. The number of para-hydroxylation sites is 1. The summed E-state index contributed by atoms with van der Waals surface area (Å²) < 4.78 is 6.20. The quantitative estimate of drug-likeness (QED) is 0.387. The van der Waals surface area contributed by atoms with Crippen molar-refractivity contribution in [3.63, 3.8) is 0 Å². The Labute approximate surface area is 193 Å². The lowest BCUT2D eigenvalue weighted by Gasteiger charge is -2.19. The van der Waals surface area contributed by atoms with Gasteiger partial charge in [0.05, 0.1) is 32.7 Å². The molecule has 8 heteroatoms. The van der Waals surface area contributed by atoms with Crippen LogP contribution in [0.3, 0.4) is 0 Å². The van der Waals surface area contributed by atoms with Gasteiger partial charge in [0.1, 0.15) is 11.4 Å². The Morgan fingerprint density at radius 2 is 1.97 bits per heavy atom. The molecule has 166 valence electrons. The molecule has 0 aromatic heterocycles. The fraction of sp³-hybridized carbons (Fsp3) is 0.435. The lowest BCUT2D eigenvalue weighted by molar-refractivity contribution is 0.0939. The van der Waals surface area contributed by atoms with Crippen molar-refractivity contribution < 1.29 is 9.53 Å². The van der Waals surface area contributed by atoms with Gasteiger partial charge in [-0.2, -0.15) is 0 Å². The molecule has 0 aliphatic carbocycles. The number of hydrogen-bond donors (Lipinski definition) is 4. The summed E-state index contributed by atoms with van der Waals surface area (Å²) in [6.07, 6.45) is 3.54. The summed E-state index contributed by atoms with van der Waals surface area (Å²) in [4.78, 5) is 13.0. The zero-order valence-corrected chi connectivity index (χ0v) is 19.5. The van der Waals surface area contributed by atoms with Gasteiger partial charge in [-0.15, -0.1) is 0 Å². The maximum Gasteiger partial charge on any atom is 0.255 e. The van der Waals surface area contributed by atoms with Crippen LogP contribution < -0.4 is 26.0 Å². The number of rotatable bonds is 7. The average molecular weight is 463 g/mol. The van der Waals surface area contributed by atoms with Crippen molar-refractivity contribution in [2.45, 2.75) is 58.3 Å². The van der Waals surface area contributed by atoms with Gasteiger partial charge >= 0.3 is 0 Å². The van der Waals surface area contributed by atoms with Crippen LogP contribution in [-0.4, -0.2) is 24.3 Å². The number of anilines is 3. The van der Waals surface area contributed by atoms with Gasteiger partial charge in [-0.05, 0) is 38.5 Å². The molecular weight excluding hydrogens is 435 g/mol. The Balaban J connectivity index is 1.60. The van der Waals surface area contributed by atoms with Crippen molar-refractivity contribution in [2.24, 2.45) is 0 Å². The standard InChI is InChI=1S/C23H28Cl2N4O2/c1-4-5-6-10-26-21(30)13-11-17-18(14-12-23(2,3)31-20(13)14)28-22(27-17)29-19-15(24)8-7-9-16(19)25/h7-9,11,22,27-29H,4-6,10,12H2,1-3H3,(H,26,30). The van der Waals surface area contributed by atoms with Crippen LogP contribution in [-0.2, 0) is 6.42 Å². The van der Waals surface area contributed by atoms with Gasteiger partial charge in [0, 0.05) is 18.5 Å². The van der Waals surface area contributed by atoms with E-state index in [9.17, 15) is 4.79 Å². The first-order chi connectivity index (χ1) is 14.8. The van der Waals surface area contributed by atoms with Crippen LogP contribution in [0, 0.1) is 0 Å². The summed E-state index contributed by atoms with van der Waals surface area (Å²) >= 11 is 12.6. The largest absolute Gasteiger partial charge is 0.486 e. The van der Waals surface area contributed by atoms with Crippen LogP contribution in [0.5, 0.6) is 5.75 Å². The minimum absolute atomic E-state index is 0.111. The first kappa shape index (κ1) is 21.9. The number of nitrogens with one attached hydrogen (secondary N) is 4. The second-order valence-corrected chi connectivity index (χ2v) is 9.43. The number of halogens is 2. The summed E-state index contributed by atoms with van der Waals surface area (Å²) in [7, 11) is 0. The van der Waals surface area contributed by atoms with E-state index in [4.69, 9.17) is 27.9 Å². The molecule has 1 unspecified atom stereocenters. The minimum Gasteiger partial charge on any atom is -0.486 e. The van der Waals surface area contributed by atoms with Gasteiger partial charge < -0.3 is 26.0 Å². The molecule has 1 amide bonds. The molecule has 2 aromatic carbocycles. The maximum atomic E-state index is 13.0. The van der Waals surface area contributed by atoms with Crippen LogP contribution in [0.2, 0.25) is 10.0 Å². The second kappa shape index (κ2) is 8.67. The van der Waals surface area contributed by atoms with Gasteiger partial charge in [-0.3, -0.25) is 4.79 Å². The van der Waals surface area contributed by atoms with Gasteiger partial charge in [0.25, 0.3) is 5.91 Å². The molecule has 2 heterocycles. The molecule has 1 atom stereocenters. The predicted molar refractivity (Wildman–Crippen MR) is 128 cm³/mol. The summed E-state index contributed by atoms with van der Waals surface area (Å²) in [6, 6.07) is 7.23. The number of carbonyl (C=O) groups excluding carboxylic acids is 1. The van der Waals surface area contributed by atoms with E-state index in [2.05, 4.69) is 28.2 Å². The molecule has 31 heavy (non-hydrogen) atoms. The fourth-order valence-corrected chi connectivity index (χ4v) is 4.56. The molecule has 0 bridgehead atoms. The third-order valence-corrected chi connectivity index (χ3v) is 6.14. The molecule has 0 radical (unpaired) electrons. The van der Waals surface area contributed by atoms with E-state index >= 15 is 0 Å². The van der Waals surface area contributed by atoms with Crippen molar-refractivity contribution in [1.29, 1.82) is 0 Å². The lowest BCUT2D eigenvalue weighted by atomic mass is 9.97. The van der Waals surface area contributed by atoms with Gasteiger partial charge in [-0.1, -0.05) is 49.0 Å². The van der Waals surface area contributed by atoms with Crippen molar-refractivity contribution in [1.82, 2.24) is 5.32 Å². The van der Waals surface area contributed by atoms with Crippen LogP contribution in [0.25, 0.3) is 0 Å². The van der Waals surface area contributed by atoms with Crippen molar-refractivity contribution in [3.05, 3.63) is 45.4 Å². The van der Waals surface area contributed by atoms with Crippen LogP contribution in [0.4, 0.5) is 17.1 Å². The number of amides is 1. The normalized spacial score (nSPS) is 17.8. The van der Waals surface area contributed by atoms with Crippen molar-refractivity contribution >= 4 is 46.2 Å². The summed E-state index contributed by atoms with van der Waals surface area (Å²) in [5.74, 6) is 0.544. The van der Waals surface area contributed by atoms with E-state index in [-0.39, 0.29) is 17.8 Å². The number of unbranched alkanes of at least 4 members (excludes halogenated alkanes) is 2. The predicted octanol–water partition coefficient (Wildman–Crippen LogP) is 5.86. The third kappa shape index (κ3) is 4.51. The first-order valence-electron chi connectivity index (χ1n) is 10.7. The summed E-state index contributed by atoms with van der Waals surface area (Å²) in [6.45, 7) is 6.86. The molecule has 0 saturated heterocycles. The van der Waals surface area contributed by atoms with E-state index in [1.807, 2.05) is 19.9 Å². The van der Waals surface area contributed by atoms with E-state index in [1.54, 1.807) is 18.2 Å². The summed E-state index contributed by atoms with van der Waals surface area (Å²) in [5, 5.41) is 14.2. The number of hydrogen-bond acceptors (Lipinski definition) is 5. The topological polar surface area (TPSA) is 74.4 Å². The first-order valence-corrected chi connectivity index (χ1v) is 11.5. The molecule has 0 fully saturated rings. The molecule has 4 rings (SSSR count). The minimum atomic E-state index is -0.381. The lowest BCUT2D eigenvalue weighted by Crippen LogP contribution is -2.31. The Morgan fingerprint density at radius 3 is 2.68 bits per heavy atom. The van der Waals surface area contributed by atoms with Crippen LogP contribution in [0.1, 0.15) is 56.0 Å². The molecule has 0 saturated carbocycles. The highest BCUT2D eigenvalue weighted by atomic mass is 35.5. The Hall–Kier alpha value is -2.31. The van der Waals surface area contributed by atoms with Crippen LogP contribution in [0.15, 0.2) is 24.3 Å². The molecule has 0 spiro atoms. The molecule has 2 aliphatic rings. The monoisotopic (exact) mass is 462 g/mol. The van der Waals surface area contributed by atoms with Crippen molar-refractivity contribution in [2.75, 3.05) is 22.5 Å². The third-order valence-electron chi connectivity index (χ3n) is 5.51. The van der Waals surface area contributed by atoms with E-state index in [0.717, 1.165) is 36.2 Å². The van der Waals surface area contributed by atoms with Gasteiger partial charge in [0.2, 0.25) is 0 Å². The number of carbonyl (C=O) groups is 1. The summed E-state index contributed by atoms with van der Waals surface area (Å²) in [5.41, 5.74) is 3.60. The SMILES string of the molecule is CCCCCNC(=O)c1cc2c(c3c1OC(C)(C)C3)NC(Nc1c(Cl)cccc1Cl)N2. The number of fused-ring (bicyclic) bond motifs is 3. The van der Waals surface area contributed by atoms with Gasteiger partial charge in [0.15, 0.2) is 6.29 Å². The maximum absolute atomic E-state index is 13.0. The van der Waals surface area contributed by atoms with Crippen molar-refractivity contribution in [3.8, 4) is 5.75 Å². The number of ether oxygens (including phenoxy) is 1. The Bertz CT molecular complexity index is 989. The molecule has 6 nitrogen and oxygen atoms in total. The Kier molecular flexibility index (Phi) is 6.13. The highest BCUT2D eigenvalue weighted by Crippen LogP contribution is 2.48. The second-order valence-electron chi connectivity index (χ2n) is 8.62. The molecular formula is C23H28Cl2N4O2. The van der Waals surface area contributed by atoms with E-state index in [1.165, 1.54) is 0 Å². The van der Waals surface area contributed by atoms with Gasteiger partial charge in [-0.25, -0.2) is 0 Å². The van der Waals surface area contributed by atoms with Crippen LogP contribution >= 0.6 is 23.2 Å². The number of benzene rings is 2. The Morgan fingerprint density at radius 1 is 1.23 bits per heavy atom. The fourth-order valence-electron chi connectivity index (χ4n) is 4.05. The zero-order chi connectivity index (χ0) is 22.2. The molecule has 4 N–H and O–H groups in total. The zero-order valence-electron chi connectivity index (χ0n) is 18.0. The van der Waals surface area contributed by atoms with E-state index in [0.29, 0.717) is 40.0 Å². The molecule has 2 aliphatic heterocycles. The average Bonchev–Trinajstić information content (AvgIpc) is 3.26. The smallest absolute Gasteiger partial charge is 0.255 e. The highest BCUT2D eigenvalue weighted by Gasteiger charge is 2.39. The van der Waals surface area contributed by atoms with E-state index < -0.39 is 0 Å².